The Kier molecular flexibility index (Phi) is 4.72. The van der Waals surface area contributed by atoms with Gasteiger partial charge < -0.3 is 0 Å². The van der Waals surface area contributed by atoms with Crippen molar-refractivity contribution >= 4 is 39.9 Å². The molecule has 0 radical (unpaired) electrons. The predicted molar refractivity (Wildman–Crippen MR) is 77.3 cm³/mol. The van der Waals surface area contributed by atoms with Crippen molar-refractivity contribution < 1.29 is 22.8 Å². The fraction of sp³-hybridized carbons (Fsp3) is 0.0769. The molecule has 0 fully saturated rings. The molecule has 0 spiro atoms. The van der Waals surface area contributed by atoms with E-state index in [1.807, 2.05) is 5.32 Å². The molecule has 22 heavy (non-hydrogen) atoms. The van der Waals surface area contributed by atoms with Crippen LogP contribution in [-0.4, -0.2) is 11.9 Å². The maximum absolute atomic E-state index is 12.4. The third-order valence-electron chi connectivity index (χ3n) is 2.47. The van der Waals surface area contributed by atoms with Gasteiger partial charge in [-0.2, -0.15) is 13.2 Å². The standard InChI is InChI=1S/C13H8ClF3N2O2S/c14-8-4-2-1-3-7(8)11(20)19-12(21)18-10-6-5-9(22-10)13(15,16)17/h1-6H,(H2,18,19,20,21). The zero-order valence-electron chi connectivity index (χ0n) is 10.7. The number of nitrogens with one attached hydrogen (secondary N) is 2. The van der Waals surface area contributed by atoms with Gasteiger partial charge in [0.15, 0.2) is 0 Å². The summed E-state index contributed by atoms with van der Waals surface area (Å²) in [5.74, 6) is -0.754. The summed E-state index contributed by atoms with van der Waals surface area (Å²) in [6.07, 6.45) is -4.48. The van der Waals surface area contributed by atoms with Gasteiger partial charge in [0.2, 0.25) is 0 Å². The minimum Gasteiger partial charge on any atom is -0.299 e. The fourth-order valence-corrected chi connectivity index (χ4v) is 2.51. The molecule has 0 aliphatic carbocycles. The quantitative estimate of drug-likeness (QED) is 0.846. The maximum atomic E-state index is 12.4. The second-order valence-electron chi connectivity index (χ2n) is 4.05. The highest BCUT2D eigenvalue weighted by Crippen LogP contribution is 2.36. The summed E-state index contributed by atoms with van der Waals surface area (Å²) in [5, 5.41) is 4.27. The van der Waals surface area contributed by atoms with Gasteiger partial charge in [-0.3, -0.25) is 15.4 Å². The van der Waals surface area contributed by atoms with Crippen molar-refractivity contribution in [3.63, 3.8) is 0 Å². The van der Waals surface area contributed by atoms with E-state index in [1.54, 1.807) is 12.1 Å². The van der Waals surface area contributed by atoms with E-state index in [-0.39, 0.29) is 15.6 Å². The molecule has 0 saturated heterocycles. The van der Waals surface area contributed by atoms with Crippen LogP contribution in [0.1, 0.15) is 15.2 Å². The SMILES string of the molecule is O=C(NC(=O)c1ccccc1Cl)Nc1ccc(C(F)(F)F)s1. The van der Waals surface area contributed by atoms with E-state index in [2.05, 4.69) is 5.32 Å². The number of rotatable bonds is 2. The van der Waals surface area contributed by atoms with Crippen LogP contribution < -0.4 is 10.6 Å². The highest BCUT2D eigenvalue weighted by molar-refractivity contribution is 7.16. The molecule has 0 aliphatic rings. The van der Waals surface area contributed by atoms with Gasteiger partial charge in [-0.1, -0.05) is 23.7 Å². The van der Waals surface area contributed by atoms with Crippen LogP contribution in [0.25, 0.3) is 0 Å². The first-order valence-corrected chi connectivity index (χ1v) is 7.00. The molecule has 0 bridgehead atoms. The number of thiophene rings is 1. The van der Waals surface area contributed by atoms with Crippen LogP contribution in [-0.2, 0) is 6.18 Å². The van der Waals surface area contributed by atoms with Crippen LogP contribution in [0.4, 0.5) is 23.0 Å². The molecule has 1 aromatic carbocycles. The number of hydrogen-bond acceptors (Lipinski definition) is 3. The van der Waals surface area contributed by atoms with Crippen molar-refractivity contribution in [1.82, 2.24) is 5.32 Å². The summed E-state index contributed by atoms with van der Waals surface area (Å²) in [5.41, 5.74) is 0.0847. The molecule has 2 rings (SSSR count). The Morgan fingerprint density at radius 2 is 1.77 bits per heavy atom. The van der Waals surface area contributed by atoms with E-state index >= 15 is 0 Å². The van der Waals surface area contributed by atoms with Gasteiger partial charge in [-0.25, -0.2) is 4.79 Å². The van der Waals surface area contributed by atoms with Gasteiger partial charge in [0, 0.05) is 0 Å². The molecule has 2 aromatic rings. The Morgan fingerprint density at radius 3 is 2.36 bits per heavy atom. The van der Waals surface area contributed by atoms with Crippen LogP contribution in [0, 0.1) is 0 Å². The molecule has 3 amide bonds. The number of imide groups is 1. The van der Waals surface area contributed by atoms with Crippen LogP contribution >= 0.6 is 22.9 Å². The van der Waals surface area contributed by atoms with E-state index in [9.17, 15) is 22.8 Å². The smallest absolute Gasteiger partial charge is 0.299 e. The van der Waals surface area contributed by atoms with Gasteiger partial charge in [0.05, 0.1) is 15.6 Å². The number of halogens is 4. The molecule has 1 aromatic heterocycles. The third kappa shape index (κ3) is 3.99. The minimum atomic E-state index is -4.48. The normalized spacial score (nSPS) is 11.1. The van der Waals surface area contributed by atoms with Gasteiger partial charge in [-0.05, 0) is 24.3 Å². The molecule has 0 unspecified atom stereocenters. The zero-order valence-corrected chi connectivity index (χ0v) is 12.3. The molecule has 9 heteroatoms. The molecule has 2 N–H and O–H groups in total. The maximum Gasteiger partial charge on any atom is 0.425 e. The number of benzene rings is 1. The van der Waals surface area contributed by atoms with Gasteiger partial charge >= 0.3 is 12.2 Å². The van der Waals surface area contributed by atoms with Crippen LogP contribution in [0.3, 0.4) is 0 Å². The lowest BCUT2D eigenvalue weighted by molar-refractivity contribution is -0.134. The topological polar surface area (TPSA) is 58.2 Å². The molecular weight excluding hydrogens is 341 g/mol. The molecule has 0 aliphatic heterocycles. The molecule has 116 valence electrons. The number of carbonyl (C=O) groups excluding carboxylic acids is 2. The Morgan fingerprint density at radius 1 is 1.09 bits per heavy atom. The van der Waals surface area contributed by atoms with Crippen molar-refractivity contribution in [2.75, 3.05) is 5.32 Å². The number of anilines is 1. The predicted octanol–water partition coefficient (Wildman–Crippen LogP) is 4.38. The fourth-order valence-electron chi connectivity index (χ4n) is 1.52. The van der Waals surface area contributed by atoms with Gasteiger partial charge in [0.25, 0.3) is 5.91 Å². The molecule has 4 nitrogen and oxygen atoms in total. The van der Waals surface area contributed by atoms with Crippen molar-refractivity contribution in [2.24, 2.45) is 0 Å². The van der Waals surface area contributed by atoms with Crippen molar-refractivity contribution in [1.29, 1.82) is 0 Å². The lowest BCUT2D eigenvalue weighted by atomic mass is 10.2. The highest BCUT2D eigenvalue weighted by Gasteiger charge is 2.32. The summed E-state index contributed by atoms with van der Waals surface area (Å²) in [6, 6.07) is 7.07. The van der Waals surface area contributed by atoms with E-state index in [4.69, 9.17) is 11.6 Å². The Hall–Kier alpha value is -2.06. The average molecular weight is 349 g/mol. The number of carbonyl (C=O) groups is 2. The first-order valence-electron chi connectivity index (χ1n) is 5.81. The zero-order chi connectivity index (χ0) is 16.3. The summed E-state index contributed by atoms with van der Waals surface area (Å²) in [7, 11) is 0. The second kappa shape index (κ2) is 6.37. The lowest BCUT2D eigenvalue weighted by Crippen LogP contribution is -2.34. The lowest BCUT2D eigenvalue weighted by Gasteiger charge is -2.06. The first-order chi connectivity index (χ1) is 10.3. The molecular formula is C13H8ClF3N2O2S. The van der Waals surface area contributed by atoms with Crippen molar-refractivity contribution in [3.05, 3.63) is 51.9 Å². The number of alkyl halides is 3. The molecule has 1 heterocycles. The summed E-state index contributed by atoms with van der Waals surface area (Å²) in [6.45, 7) is 0. The van der Waals surface area contributed by atoms with E-state index in [0.29, 0.717) is 11.3 Å². The Labute approximate surface area is 131 Å². The number of hydrogen-bond donors (Lipinski definition) is 2. The second-order valence-corrected chi connectivity index (χ2v) is 5.54. The molecule has 0 atom stereocenters. The number of urea groups is 1. The largest absolute Gasteiger partial charge is 0.425 e. The van der Waals surface area contributed by atoms with E-state index in [0.717, 1.165) is 12.1 Å². The number of amides is 3. The summed E-state index contributed by atoms with van der Waals surface area (Å²) >= 11 is 6.16. The van der Waals surface area contributed by atoms with Gasteiger partial charge in [-0.15, -0.1) is 11.3 Å². The van der Waals surface area contributed by atoms with Crippen molar-refractivity contribution in [2.45, 2.75) is 6.18 Å². The van der Waals surface area contributed by atoms with E-state index < -0.39 is 23.0 Å². The monoisotopic (exact) mass is 348 g/mol. The summed E-state index contributed by atoms with van der Waals surface area (Å²) in [4.78, 5) is 22.6. The minimum absolute atomic E-state index is 0.0308. The third-order valence-corrected chi connectivity index (χ3v) is 3.84. The van der Waals surface area contributed by atoms with Crippen LogP contribution in [0.15, 0.2) is 36.4 Å². The van der Waals surface area contributed by atoms with Crippen molar-refractivity contribution in [3.8, 4) is 0 Å². The Bertz CT molecular complexity index is 715. The highest BCUT2D eigenvalue weighted by atomic mass is 35.5. The van der Waals surface area contributed by atoms with Crippen LogP contribution in [0.2, 0.25) is 5.02 Å². The average Bonchev–Trinajstić information content (AvgIpc) is 2.87. The molecule has 0 saturated carbocycles. The summed E-state index contributed by atoms with van der Waals surface area (Å²) < 4.78 is 37.3. The van der Waals surface area contributed by atoms with E-state index in [1.165, 1.54) is 12.1 Å². The van der Waals surface area contributed by atoms with Gasteiger partial charge in [0.1, 0.15) is 4.88 Å². The Balaban J connectivity index is 2.00. The van der Waals surface area contributed by atoms with Crippen LogP contribution in [0.5, 0.6) is 0 Å². The first kappa shape index (κ1) is 16.3.